The summed E-state index contributed by atoms with van der Waals surface area (Å²) in [7, 11) is 0. The average Bonchev–Trinajstić information content (AvgIpc) is 3.36. The van der Waals surface area contributed by atoms with Gasteiger partial charge in [0.15, 0.2) is 5.82 Å². The second-order valence-electron chi connectivity index (χ2n) is 8.03. The number of hydrogen-bond donors (Lipinski definition) is 0. The number of imidazole rings is 1. The summed E-state index contributed by atoms with van der Waals surface area (Å²) in [6.45, 7) is 2.42. The Kier molecular flexibility index (Phi) is 4.93. The van der Waals surface area contributed by atoms with Crippen molar-refractivity contribution < 1.29 is 0 Å². The van der Waals surface area contributed by atoms with E-state index in [0.29, 0.717) is 18.3 Å². The highest BCUT2D eigenvalue weighted by Gasteiger charge is 2.26. The number of likely N-dealkylation sites (tertiary alicyclic amines) is 1. The quantitative estimate of drug-likeness (QED) is 0.640. The van der Waals surface area contributed by atoms with Gasteiger partial charge in [0.1, 0.15) is 12.2 Å². The Balaban J connectivity index is 1.28. The fourth-order valence-corrected chi connectivity index (χ4v) is 4.17. The summed E-state index contributed by atoms with van der Waals surface area (Å²) in [6.07, 6.45) is 15.1. The van der Waals surface area contributed by atoms with Gasteiger partial charge in [-0.2, -0.15) is 5.10 Å². The minimum absolute atomic E-state index is 0.0751. The zero-order valence-electron chi connectivity index (χ0n) is 16.4. The fourth-order valence-electron chi connectivity index (χ4n) is 4.17. The van der Waals surface area contributed by atoms with Crippen molar-refractivity contribution >= 4 is 0 Å². The monoisotopic (exact) mass is 391 g/mol. The highest BCUT2D eigenvalue weighted by atomic mass is 16.1. The Morgan fingerprint density at radius 1 is 1.07 bits per heavy atom. The molecule has 4 heterocycles. The van der Waals surface area contributed by atoms with Crippen LogP contribution in [0.1, 0.15) is 49.4 Å². The lowest BCUT2D eigenvalue weighted by molar-refractivity contribution is 0.216. The molecule has 1 aliphatic heterocycles. The molecule has 1 saturated heterocycles. The van der Waals surface area contributed by atoms with Gasteiger partial charge in [0.2, 0.25) is 0 Å². The normalized spacial score (nSPS) is 20.1. The Hall–Kier alpha value is -2.87. The third kappa shape index (κ3) is 3.85. The summed E-state index contributed by atoms with van der Waals surface area (Å²) in [5.41, 5.74) is 1.06. The third-order valence-corrected chi connectivity index (χ3v) is 6.09. The van der Waals surface area contributed by atoms with Crippen LogP contribution >= 0.6 is 0 Å². The molecule has 1 aliphatic carbocycles. The van der Waals surface area contributed by atoms with Gasteiger partial charge < -0.3 is 0 Å². The second-order valence-corrected chi connectivity index (χ2v) is 8.03. The fraction of sp³-hybridized carbons (Fsp3) is 0.476. The van der Waals surface area contributed by atoms with Gasteiger partial charge in [-0.25, -0.2) is 19.6 Å². The molecule has 0 N–H and O–H groups in total. The highest BCUT2D eigenvalue weighted by Crippen LogP contribution is 2.34. The molecule has 0 spiro atoms. The lowest BCUT2D eigenvalue weighted by Gasteiger charge is -2.25. The lowest BCUT2D eigenvalue weighted by atomic mass is 9.85. The van der Waals surface area contributed by atoms with Crippen molar-refractivity contribution in [1.82, 2.24) is 34.2 Å². The maximum absolute atomic E-state index is 12.4. The van der Waals surface area contributed by atoms with E-state index in [1.54, 1.807) is 29.3 Å². The number of aromatic nitrogens is 6. The predicted molar refractivity (Wildman–Crippen MR) is 108 cm³/mol. The van der Waals surface area contributed by atoms with E-state index in [9.17, 15) is 4.79 Å². The molecule has 1 unspecified atom stereocenters. The van der Waals surface area contributed by atoms with Crippen LogP contribution in [-0.2, 0) is 13.1 Å². The van der Waals surface area contributed by atoms with Crippen LogP contribution in [0.5, 0.6) is 0 Å². The van der Waals surface area contributed by atoms with E-state index < -0.39 is 0 Å². The summed E-state index contributed by atoms with van der Waals surface area (Å²) >= 11 is 0. The van der Waals surface area contributed by atoms with Gasteiger partial charge in [0, 0.05) is 54.9 Å². The summed E-state index contributed by atoms with van der Waals surface area (Å²) in [4.78, 5) is 28.0. The SMILES string of the molecule is O=c1ccc(-n2ccnc2)nn1CC1CCCN1Cc1cnc(C2CCC2)nc1. The van der Waals surface area contributed by atoms with E-state index in [2.05, 4.69) is 25.0 Å². The largest absolute Gasteiger partial charge is 0.294 e. The first-order chi connectivity index (χ1) is 14.3. The Bertz CT molecular complexity index is 1010. The molecular weight excluding hydrogens is 366 g/mol. The summed E-state index contributed by atoms with van der Waals surface area (Å²) in [5.74, 6) is 2.25. The molecule has 3 aromatic heterocycles. The molecule has 1 saturated carbocycles. The van der Waals surface area contributed by atoms with Crippen molar-refractivity contribution in [2.24, 2.45) is 0 Å². The Labute approximate surface area is 169 Å². The van der Waals surface area contributed by atoms with Crippen LogP contribution in [0.25, 0.3) is 5.82 Å². The van der Waals surface area contributed by atoms with Gasteiger partial charge in [0.25, 0.3) is 5.56 Å². The van der Waals surface area contributed by atoms with E-state index in [1.807, 2.05) is 23.2 Å². The molecule has 150 valence electrons. The first-order valence-electron chi connectivity index (χ1n) is 10.4. The van der Waals surface area contributed by atoms with Crippen molar-refractivity contribution in [2.45, 2.75) is 57.2 Å². The van der Waals surface area contributed by atoms with Gasteiger partial charge in [0.05, 0.1) is 6.54 Å². The van der Waals surface area contributed by atoms with E-state index in [4.69, 9.17) is 0 Å². The first kappa shape index (κ1) is 18.2. The number of nitrogens with zero attached hydrogens (tertiary/aromatic N) is 7. The average molecular weight is 391 g/mol. The van der Waals surface area contributed by atoms with Crippen molar-refractivity contribution in [1.29, 1.82) is 0 Å². The maximum atomic E-state index is 12.4. The molecule has 0 radical (unpaired) electrons. The van der Waals surface area contributed by atoms with Gasteiger partial charge in [-0.3, -0.25) is 14.3 Å². The summed E-state index contributed by atoms with van der Waals surface area (Å²) in [5, 5.41) is 4.54. The summed E-state index contributed by atoms with van der Waals surface area (Å²) < 4.78 is 3.39. The van der Waals surface area contributed by atoms with Crippen LogP contribution in [0.2, 0.25) is 0 Å². The van der Waals surface area contributed by atoms with Gasteiger partial charge >= 0.3 is 0 Å². The molecular formula is C21H25N7O. The van der Waals surface area contributed by atoms with Gasteiger partial charge in [-0.15, -0.1) is 0 Å². The molecule has 0 amide bonds. The minimum atomic E-state index is -0.0751. The van der Waals surface area contributed by atoms with Crippen molar-refractivity contribution in [3.05, 3.63) is 65.0 Å². The van der Waals surface area contributed by atoms with Crippen molar-refractivity contribution in [3.8, 4) is 5.82 Å². The molecule has 8 nitrogen and oxygen atoms in total. The Morgan fingerprint density at radius 2 is 1.93 bits per heavy atom. The third-order valence-electron chi connectivity index (χ3n) is 6.09. The van der Waals surface area contributed by atoms with Crippen LogP contribution < -0.4 is 5.56 Å². The maximum Gasteiger partial charge on any atom is 0.266 e. The highest BCUT2D eigenvalue weighted by molar-refractivity contribution is 5.19. The number of hydrogen-bond acceptors (Lipinski definition) is 6. The minimum Gasteiger partial charge on any atom is -0.294 e. The molecule has 0 bridgehead atoms. The first-order valence-corrected chi connectivity index (χ1v) is 10.4. The van der Waals surface area contributed by atoms with Gasteiger partial charge in [-0.1, -0.05) is 6.42 Å². The molecule has 8 heteroatoms. The second kappa shape index (κ2) is 7.87. The van der Waals surface area contributed by atoms with Crippen LogP contribution in [0.4, 0.5) is 0 Å². The Morgan fingerprint density at radius 3 is 2.66 bits per heavy atom. The molecule has 29 heavy (non-hydrogen) atoms. The molecule has 1 atom stereocenters. The van der Waals surface area contributed by atoms with Crippen molar-refractivity contribution in [2.75, 3.05) is 6.54 Å². The molecule has 5 rings (SSSR count). The topological polar surface area (TPSA) is 81.7 Å². The predicted octanol–water partition coefficient (Wildman–Crippen LogP) is 2.15. The molecule has 2 aliphatic rings. The smallest absolute Gasteiger partial charge is 0.266 e. The lowest BCUT2D eigenvalue weighted by Crippen LogP contribution is -2.37. The van der Waals surface area contributed by atoms with E-state index >= 15 is 0 Å². The summed E-state index contributed by atoms with van der Waals surface area (Å²) in [6, 6.07) is 3.59. The van der Waals surface area contributed by atoms with E-state index in [0.717, 1.165) is 37.3 Å². The van der Waals surface area contributed by atoms with Gasteiger partial charge in [-0.05, 0) is 38.3 Å². The van der Waals surface area contributed by atoms with Crippen LogP contribution in [0, 0.1) is 0 Å². The number of rotatable bonds is 6. The van der Waals surface area contributed by atoms with E-state index in [1.165, 1.54) is 19.3 Å². The standard InChI is InChI=1S/C21H25N7O/c29-20-7-6-19(27-10-8-22-15-27)25-28(20)14-18-5-2-9-26(18)13-16-11-23-21(24-12-16)17-3-1-4-17/h6-8,10-12,15,17-18H,1-5,9,13-14H2. The van der Waals surface area contributed by atoms with E-state index in [-0.39, 0.29) is 11.6 Å². The zero-order chi connectivity index (χ0) is 19.6. The molecule has 2 fully saturated rings. The molecule has 0 aromatic carbocycles. The zero-order valence-corrected chi connectivity index (χ0v) is 16.4. The van der Waals surface area contributed by atoms with Crippen LogP contribution in [0.3, 0.4) is 0 Å². The van der Waals surface area contributed by atoms with Crippen LogP contribution in [0.15, 0.2) is 48.0 Å². The molecule has 3 aromatic rings. The van der Waals surface area contributed by atoms with Crippen molar-refractivity contribution in [3.63, 3.8) is 0 Å². The van der Waals surface area contributed by atoms with Crippen LogP contribution in [-0.4, -0.2) is 46.8 Å².